The van der Waals surface area contributed by atoms with Crippen LogP contribution in [0.25, 0.3) is 0 Å². The van der Waals surface area contributed by atoms with Crippen LogP contribution >= 0.6 is 11.6 Å². The Kier molecular flexibility index (Phi) is 9.45. The second-order valence-corrected chi connectivity index (χ2v) is 8.54. The van der Waals surface area contributed by atoms with E-state index in [0.717, 1.165) is 0 Å². The van der Waals surface area contributed by atoms with Gasteiger partial charge in [0.25, 0.3) is 5.91 Å². The lowest BCUT2D eigenvalue weighted by atomic mass is 10.0. The lowest BCUT2D eigenvalue weighted by Gasteiger charge is -2.37. The zero-order valence-electron chi connectivity index (χ0n) is 20.4. The summed E-state index contributed by atoms with van der Waals surface area (Å²) >= 11 is 6.03. The van der Waals surface area contributed by atoms with Crippen LogP contribution in [-0.2, 0) is 14.3 Å². The van der Waals surface area contributed by atoms with Crippen molar-refractivity contribution in [2.75, 3.05) is 51.5 Å². The minimum absolute atomic E-state index is 0.0707. The molecule has 194 valence electrons. The SMILES string of the molecule is CCOC(=O)c1ccc(NC(=O)CN2CC[C@@H](NC(=O)c3cc(Cl)c(N)nc3OC)[C@@H](OC)C2)cc1. The number of rotatable bonds is 9. The smallest absolute Gasteiger partial charge is 0.338 e. The predicted molar refractivity (Wildman–Crippen MR) is 134 cm³/mol. The monoisotopic (exact) mass is 519 g/mol. The summed E-state index contributed by atoms with van der Waals surface area (Å²) in [4.78, 5) is 43.2. The van der Waals surface area contributed by atoms with E-state index in [1.807, 2.05) is 4.90 Å². The molecule has 1 fully saturated rings. The topological polar surface area (TPSA) is 145 Å². The van der Waals surface area contributed by atoms with E-state index in [-0.39, 0.29) is 46.9 Å². The summed E-state index contributed by atoms with van der Waals surface area (Å²) in [6.45, 7) is 3.18. The van der Waals surface area contributed by atoms with Gasteiger partial charge in [-0.15, -0.1) is 0 Å². The molecule has 2 aromatic rings. The average Bonchev–Trinajstić information content (AvgIpc) is 2.86. The summed E-state index contributed by atoms with van der Waals surface area (Å²) in [5.74, 6) is -0.881. The molecule has 2 amide bonds. The highest BCUT2D eigenvalue weighted by Crippen LogP contribution is 2.25. The van der Waals surface area contributed by atoms with E-state index in [9.17, 15) is 14.4 Å². The molecule has 0 aliphatic carbocycles. The van der Waals surface area contributed by atoms with Gasteiger partial charge in [0.15, 0.2) is 0 Å². The standard InChI is InChI=1S/C24H30ClN5O6/c1-4-36-24(33)14-5-7-15(8-6-14)27-20(31)13-30-10-9-18(19(12-30)34-2)28-22(32)16-11-17(25)21(26)29-23(16)35-3/h5-8,11,18-19H,4,9-10,12-13H2,1-3H3,(H2,26,29)(H,27,31)(H,28,32)/t18-,19+/m1/s1. The van der Waals surface area contributed by atoms with Crippen molar-refractivity contribution in [3.8, 4) is 5.88 Å². The second-order valence-electron chi connectivity index (χ2n) is 8.14. The fourth-order valence-corrected chi connectivity index (χ4v) is 4.04. The predicted octanol–water partition coefficient (Wildman–Crippen LogP) is 1.96. The van der Waals surface area contributed by atoms with Crippen LogP contribution in [0.5, 0.6) is 5.88 Å². The van der Waals surface area contributed by atoms with Crippen LogP contribution in [0.15, 0.2) is 30.3 Å². The van der Waals surface area contributed by atoms with Crippen molar-refractivity contribution in [1.82, 2.24) is 15.2 Å². The summed E-state index contributed by atoms with van der Waals surface area (Å²) in [6, 6.07) is 7.62. The first-order valence-electron chi connectivity index (χ1n) is 11.4. The number of halogens is 1. The van der Waals surface area contributed by atoms with Gasteiger partial charge in [-0.2, -0.15) is 4.98 Å². The Hall–Kier alpha value is -3.41. The number of amides is 2. The van der Waals surface area contributed by atoms with E-state index >= 15 is 0 Å². The number of aromatic nitrogens is 1. The minimum Gasteiger partial charge on any atom is -0.480 e. The van der Waals surface area contributed by atoms with Crippen molar-refractivity contribution in [3.05, 3.63) is 46.5 Å². The van der Waals surface area contributed by atoms with Crippen molar-refractivity contribution >= 4 is 40.9 Å². The Morgan fingerprint density at radius 3 is 2.58 bits per heavy atom. The largest absolute Gasteiger partial charge is 0.480 e. The fourth-order valence-electron chi connectivity index (χ4n) is 3.89. The average molecular weight is 520 g/mol. The first-order chi connectivity index (χ1) is 17.2. The maximum absolute atomic E-state index is 12.9. The molecule has 1 aromatic carbocycles. The molecule has 36 heavy (non-hydrogen) atoms. The van der Waals surface area contributed by atoms with E-state index in [2.05, 4.69) is 15.6 Å². The van der Waals surface area contributed by atoms with Gasteiger partial charge in [0.2, 0.25) is 11.8 Å². The number of hydrogen-bond donors (Lipinski definition) is 3. The lowest BCUT2D eigenvalue weighted by molar-refractivity contribution is -0.118. The molecular weight excluding hydrogens is 490 g/mol. The second kappa shape index (κ2) is 12.5. The molecule has 0 bridgehead atoms. The molecule has 1 aliphatic rings. The van der Waals surface area contributed by atoms with Crippen molar-refractivity contribution < 1.29 is 28.6 Å². The number of piperidine rings is 1. The molecule has 12 heteroatoms. The third-order valence-corrected chi connectivity index (χ3v) is 6.02. The van der Waals surface area contributed by atoms with E-state index in [0.29, 0.717) is 37.4 Å². The van der Waals surface area contributed by atoms with Crippen molar-refractivity contribution in [1.29, 1.82) is 0 Å². The van der Waals surface area contributed by atoms with E-state index in [1.165, 1.54) is 13.2 Å². The van der Waals surface area contributed by atoms with Crippen LogP contribution in [0.1, 0.15) is 34.1 Å². The Bertz CT molecular complexity index is 1100. The van der Waals surface area contributed by atoms with E-state index in [4.69, 9.17) is 31.5 Å². The quantitative estimate of drug-likeness (QED) is 0.423. The van der Waals surface area contributed by atoms with Crippen LogP contribution in [0, 0.1) is 0 Å². The number of methoxy groups -OCH3 is 2. The van der Waals surface area contributed by atoms with Crippen LogP contribution < -0.4 is 21.1 Å². The molecule has 1 aromatic heterocycles. The maximum Gasteiger partial charge on any atom is 0.338 e. The Morgan fingerprint density at radius 1 is 1.22 bits per heavy atom. The number of carbonyl (C=O) groups excluding carboxylic acids is 3. The van der Waals surface area contributed by atoms with Crippen molar-refractivity contribution in [3.63, 3.8) is 0 Å². The number of nitrogens with two attached hydrogens (primary N) is 1. The van der Waals surface area contributed by atoms with Gasteiger partial charge in [-0.3, -0.25) is 14.5 Å². The molecule has 11 nitrogen and oxygen atoms in total. The summed E-state index contributed by atoms with van der Waals surface area (Å²) in [5, 5.41) is 5.92. The molecule has 0 unspecified atom stereocenters. The number of anilines is 2. The molecule has 1 aliphatic heterocycles. The number of pyridine rings is 1. The number of nitrogens with one attached hydrogen (secondary N) is 2. The molecule has 0 radical (unpaired) electrons. The molecule has 2 atom stereocenters. The molecular formula is C24H30ClN5O6. The molecule has 4 N–H and O–H groups in total. The third kappa shape index (κ3) is 6.84. The Labute approximate surface area is 214 Å². The zero-order valence-corrected chi connectivity index (χ0v) is 21.1. The summed E-state index contributed by atoms with van der Waals surface area (Å²) in [6.07, 6.45) is 0.215. The number of carbonyl (C=O) groups is 3. The van der Waals surface area contributed by atoms with Gasteiger partial charge in [0, 0.05) is 25.9 Å². The lowest BCUT2D eigenvalue weighted by Crippen LogP contribution is -2.55. The first kappa shape index (κ1) is 27.2. The summed E-state index contributed by atoms with van der Waals surface area (Å²) in [7, 11) is 2.95. The zero-order chi connectivity index (χ0) is 26.2. The van der Waals surface area contributed by atoms with Gasteiger partial charge in [0.1, 0.15) is 11.4 Å². The van der Waals surface area contributed by atoms with E-state index in [1.54, 1.807) is 38.3 Å². The number of nitrogens with zero attached hydrogens (tertiary/aromatic N) is 2. The number of likely N-dealkylation sites (tertiary alicyclic amines) is 1. The first-order valence-corrected chi connectivity index (χ1v) is 11.8. The number of nitrogen functional groups attached to an aromatic ring is 1. The molecule has 2 heterocycles. The summed E-state index contributed by atoms with van der Waals surface area (Å²) < 4.78 is 15.7. The van der Waals surface area contributed by atoms with Gasteiger partial charge >= 0.3 is 5.97 Å². The number of ether oxygens (including phenoxy) is 3. The highest BCUT2D eigenvalue weighted by Gasteiger charge is 2.32. The maximum atomic E-state index is 12.9. The highest BCUT2D eigenvalue weighted by atomic mass is 35.5. The molecule has 1 saturated heterocycles. The van der Waals surface area contributed by atoms with Crippen LogP contribution in [0.4, 0.5) is 11.5 Å². The van der Waals surface area contributed by atoms with Gasteiger partial charge in [0.05, 0.1) is 43.0 Å². The fraction of sp³-hybridized carbons (Fsp3) is 0.417. The number of hydrogen-bond acceptors (Lipinski definition) is 9. The van der Waals surface area contributed by atoms with Gasteiger partial charge in [-0.25, -0.2) is 4.79 Å². The molecule has 0 spiro atoms. The Balaban J connectivity index is 1.55. The minimum atomic E-state index is -0.412. The molecule has 3 rings (SSSR count). The normalized spacial score (nSPS) is 17.8. The Morgan fingerprint density at radius 2 is 1.94 bits per heavy atom. The van der Waals surface area contributed by atoms with Crippen molar-refractivity contribution in [2.45, 2.75) is 25.5 Å². The van der Waals surface area contributed by atoms with Gasteiger partial charge < -0.3 is 30.6 Å². The van der Waals surface area contributed by atoms with E-state index < -0.39 is 11.9 Å². The number of benzene rings is 1. The third-order valence-electron chi connectivity index (χ3n) is 5.72. The van der Waals surface area contributed by atoms with Crippen LogP contribution in [-0.4, -0.2) is 80.3 Å². The van der Waals surface area contributed by atoms with Gasteiger partial charge in [-0.05, 0) is 43.7 Å². The number of esters is 1. The van der Waals surface area contributed by atoms with Gasteiger partial charge in [-0.1, -0.05) is 11.6 Å². The van der Waals surface area contributed by atoms with Crippen LogP contribution in [0.3, 0.4) is 0 Å². The van der Waals surface area contributed by atoms with Crippen LogP contribution in [0.2, 0.25) is 5.02 Å². The summed E-state index contributed by atoms with van der Waals surface area (Å²) in [5.41, 5.74) is 6.85. The van der Waals surface area contributed by atoms with Crippen molar-refractivity contribution in [2.24, 2.45) is 0 Å². The highest BCUT2D eigenvalue weighted by molar-refractivity contribution is 6.33. The molecule has 0 saturated carbocycles.